The molecule has 0 spiro atoms. The number of aromatic nitrogens is 2. The molecule has 1 saturated heterocycles. The van der Waals surface area contributed by atoms with Crippen LogP contribution in [0.1, 0.15) is 13.3 Å². The first-order valence-corrected chi connectivity index (χ1v) is 6.42. The van der Waals surface area contributed by atoms with Gasteiger partial charge in [-0.25, -0.2) is 9.37 Å². The zero-order valence-corrected chi connectivity index (χ0v) is 11.0. The lowest BCUT2D eigenvalue weighted by Gasteiger charge is -2.35. The molecular formula is C12H20FN5. The molecule has 0 bridgehead atoms. The van der Waals surface area contributed by atoms with Gasteiger partial charge < -0.3 is 10.2 Å². The second kappa shape index (κ2) is 5.95. The zero-order chi connectivity index (χ0) is 13.0. The lowest BCUT2D eigenvalue weighted by Crippen LogP contribution is -2.47. The Labute approximate surface area is 107 Å². The normalized spacial score (nSPS) is 16.9. The standard InChI is InChI=1S/C12H20FN5/c1-3-4-17-5-7-18(8-6-17)11-10(13)9-15-12(14-2)16-11/h9H,3-8H2,1-2H3,(H,14,15,16). The fourth-order valence-corrected chi connectivity index (χ4v) is 2.20. The molecule has 1 N–H and O–H groups in total. The maximum absolute atomic E-state index is 13.7. The van der Waals surface area contributed by atoms with E-state index in [-0.39, 0.29) is 5.82 Å². The number of anilines is 2. The van der Waals surface area contributed by atoms with Gasteiger partial charge in [-0.1, -0.05) is 6.92 Å². The topological polar surface area (TPSA) is 44.3 Å². The quantitative estimate of drug-likeness (QED) is 0.873. The number of hydrogen-bond donors (Lipinski definition) is 1. The minimum atomic E-state index is -0.349. The van der Waals surface area contributed by atoms with E-state index >= 15 is 0 Å². The molecule has 5 nitrogen and oxygen atoms in total. The van der Waals surface area contributed by atoms with Gasteiger partial charge in [-0.15, -0.1) is 0 Å². The van der Waals surface area contributed by atoms with E-state index in [1.807, 2.05) is 4.90 Å². The minimum Gasteiger partial charge on any atom is -0.357 e. The monoisotopic (exact) mass is 253 g/mol. The Bertz CT molecular complexity index is 390. The number of nitrogens with zero attached hydrogens (tertiary/aromatic N) is 4. The van der Waals surface area contributed by atoms with E-state index < -0.39 is 0 Å². The van der Waals surface area contributed by atoms with E-state index in [0.717, 1.165) is 39.1 Å². The number of hydrogen-bond acceptors (Lipinski definition) is 5. The third-order valence-corrected chi connectivity index (χ3v) is 3.16. The highest BCUT2D eigenvalue weighted by atomic mass is 19.1. The Morgan fingerprint density at radius 3 is 2.67 bits per heavy atom. The molecule has 1 aliphatic rings. The van der Waals surface area contributed by atoms with Crippen molar-refractivity contribution in [1.82, 2.24) is 14.9 Å². The van der Waals surface area contributed by atoms with Crippen molar-refractivity contribution in [2.75, 3.05) is 50.0 Å². The van der Waals surface area contributed by atoms with Crippen LogP contribution >= 0.6 is 0 Å². The summed E-state index contributed by atoms with van der Waals surface area (Å²) in [7, 11) is 1.73. The lowest BCUT2D eigenvalue weighted by atomic mass is 10.3. The van der Waals surface area contributed by atoms with Crippen molar-refractivity contribution in [2.45, 2.75) is 13.3 Å². The Hall–Kier alpha value is -1.43. The Balaban J connectivity index is 2.04. The zero-order valence-electron chi connectivity index (χ0n) is 11.0. The van der Waals surface area contributed by atoms with Crippen LogP contribution in [0.25, 0.3) is 0 Å². The van der Waals surface area contributed by atoms with Crippen LogP contribution in [0.5, 0.6) is 0 Å². The van der Waals surface area contributed by atoms with Crippen LogP contribution in [-0.2, 0) is 0 Å². The summed E-state index contributed by atoms with van der Waals surface area (Å²) in [4.78, 5) is 12.4. The van der Waals surface area contributed by atoms with E-state index in [0.29, 0.717) is 11.8 Å². The van der Waals surface area contributed by atoms with Gasteiger partial charge in [0.05, 0.1) is 6.20 Å². The van der Waals surface area contributed by atoms with E-state index in [1.54, 1.807) is 7.05 Å². The Morgan fingerprint density at radius 1 is 1.33 bits per heavy atom. The molecule has 0 radical (unpaired) electrons. The van der Waals surface area contributed by atoms with Crippen molar-refractivity contribution in [2.24, 2.45) is 0 Å². The van der Waals surface area contributed by atoms with Crippen LogP contribution in [0.15, 0.2) is 6.20 Å². The first-order valence-electron chi connectivity index (χ1n) is 6.42. The van der Waals surface area contributed by atoms with Gasteiger partial charge in [0.2, 0.25) is 5.95 Å². The molecule has 0 aliphatic carbocycles. The van der Waals surface area contributed by atoms with Crippen molar-refractivity contribution < 1.29 is 4.39 Å². The van der Waals surface area contributed by atoms with Gasteiger partial charge in [-0.2, -0.15) is 4.98 Å². The highest BCUT2D eigenvalue weighted by Crippen LogP contribution is 2.18. The van der Waals surface area contributed by atoms with Gasteiger partial charge in [0.1, 0.15) is 0 Å². The average molecular weight is 253 g/mol. The second-order valence-corrected chi connectivity index (χ2v) is 4.44. The summed E-state index contributed by atoms with van der Waals surface area (Å²) >= 11 is 0. The van der Waals surface area contributed by atoms with Gasteiger partial charge in [0.25, 0.3) is 0 Å². The highest BCUT2D eigenvalue weighted by molar-refractivity contribution is 5.44. The summed E-state index contributed by atoms with van der Waals surface area (Å²) in [6.07, 6.45) is 2.39. The van der Waals surface area contributed by atoms with Crippen LogP contribution in [0.2, 0.25) is 0 Å². The van der Waals surface area contributed by atoms with Gasteiger partial charge in [-0.3, -0.25) is 4.90 Å². The molecule has 0 unspecified atom stereocenters. The molecule has 0 amide bonds. The molecule has 1 aliphatic heterocycles. The molecule has 6 heteroatoms. The number of halogens is 1. The fraction of sp³-hybridized carbons (Fsp3) is 0.667. The predicted octanol–water partition coefficient (Wildman–Crippen LogP) is 1.19. The molecule has 0 atom stereocenters. The van der Waals surface area contributed by atoms with E-state index in [1.165, 1.54) is 6.20 Å². The van der Waals surface area contributed by atoms with Crippen molar-refractivity contribution in [3.63, 3.8) is 0 Å². The Morgan fingerprint density at radius 2 is 2.06 bits per heavy atom. The highest BCUT2D eigenvalue weighted by Gasteiger charge is 2.20. The van der Waals surface area contributed by atoms with Crippen LogP contribution < -0.4 is 10.2 Å². The third-order valence-electron chi connectivity index (χ3n) is 3.16. The average Bonchev–Trinajstić information content (AvgIpc) is 2.41. The molecule has 0 saturated carbocycles. The summed E-state index contributed by atoms with van der Waals surface area (Å²) in [5.74, 6) is 0.519. The summed E-state index contributed by atoms with van der Waals surface area (Å²) in [5.41, 5.74) is 0. The lowest BCUT2D eigenvalue weighted by molar-refractivity contribution is 0.257. The Kier molecular flexibility index (Phi) is 4.30. The van der Waals surface area contributed by atoms with Gasteiger partial charge in [0.15, 0.2) is 11.6 Å². The minimum absolute atomic E-state index is 0.349. The van der Waals surface area contributed by atoms with Crippen LogP contribution in [0, 0.1) is 5.82 Å². The molecule has 2 rings (SSSR count). The summed E-state index contributed by atoms with van der Waals surface area (Å²) in [6.45, 7) is 6.85. The fourth-order valence-electron chi connectivity index (χ4n) is 2.20. The van der Waals surface area contributed by atoms with Crippen molar-refractivity contribution in [3.8, 4) is 0 Å². The molecule has 18 heavy (non-hydrogen) atoms. The van der Waals surface area contributed by atoms with Gasteiger partial charge in [-0.05, 0) is 13.0 Å². The smallest absolute Gasteiger partial charge is 0.224 e. The number of rotatable bonds is 4. The first-order chi connectivity index (χ1) is 8.74. The SMILES string of the molecule is CCCN1CCN(c2nc(NC)ncc2F)CC1. The molecule has 1 aromatic heterocycles. The maximum atomic E-state index is 13.7. The molecule has 0 aromatic carbocycles. The van der Waals surface area contributed by atoms with Crippen molar-refractivity contribution >= 4 is 11.8 Å². The van der Waals surface area contributed by atoms with Gasteiger partial charge >= 0.3 is 0 Å². The van der Waals surface area contributed by atoms with E-state index in [4.69, 9.17) is 0 Å². The summed E-state index contributed by atoms with van der Waals surface area (Å²) in [6, 6.07) is 0. The maximum Gasteiger partial charge on any atom is 0.224 e. The van der Waals surface area contributed by atoms with Crippen molar-refractivity contribution in [3.05, 3.63) is 12.0 Å². The van der Waals surface area contributed by atoms with Crippen LogP contribution in [0.3, 0.4) is 0 Å². The predicted molar refractivity (Wildman–Crippen MR) is 70.5 cm³/mol. The first kappa shape index (κ1) is 13.0. The van der Waals surface area contributed by atoms with Crippen molar-refractivity contribution in [1.29, 1.82) is 0 Å². The molecule has 1 fully saturated rings. The molecule has 100 valence electrons. The summed E-state index contributed by atoms with van der Waals surface area (Å²) < 4.78 is 13.7. The third kappa shape index (κ3) is 2.87. The second-order valence-electron chi connectivity index (χ2n) is 4.44. The summed E-state index contributed by atoms with van der Waals surface area (Å²) in [5, 5.41) is 2.84. The number of nitrogens with one attached hydrogen (secondary N) is 1. The van der Waals surface area contributed by atoms with Crippen LogP contribution in [0.4, 0.5) is 16.2 Å². The molecule has 2 heterocycles. The number of piperazine rings is 1. The largest absolute Gasteiger partial charge is 0.357 e. The van der Waals surface area contributed by atoms with Gasteiger partial charge in [0, 0.05) is 33.2 Å². The van der Waals surface area contributed by atoms with E-state index in [9.17, 15) is 4.39 Å². The van der Waals surface area contributed by atoms with Crippen LogP contribution in [-0.4, -0.2) is 54.6 Å². The molecule has 1 aromatic rings. The molecular weight excluding hydrogens is 233 g/mol. The van der Waals surface area contributed by atoms with E-state index in [2.05, 4.69) is 27.1 Å².